The first-order chi connectivity index (χ1) is 14.1. The van der Waals surface area contributed by atoms with Gasteiger partial charge in [-0.1, -0.05) is 48.5 Å². The Morgan fingerprint density at radius 2 is 1.79 bits per heavy atom. The number of anilines is 3. The van der Waals surface area contributed by atoms with Crippen LogP contribution >= 0.6 is 11.8 Å². The Bertz CT molecular complexity index is 951. The molecule has 0 spiro atoms. The molecule has 0 aliphatic rings. The van der Waals surface area contributed by atoms with Crippen molar-refractivity contribution in [2.45, 2.75) is 19.1 Å². The summed E-state index contributed by atoms with van der Waals surface area (Å²) in [6.45, 7) is 2.62. The van der Waals surface area contributed by atoms with E-state index in [9.17, 15) is 4.79 Å². The predicted molar refractivity (Wildman–Crippen MR) is 118 cm³/mol. The number of nitrogen functional groups attached to an aromatic ring is 1. The molecule has 2 aromatic carbocycles. The maximum atomic E-state index is 12.0. The largest absolute Gasteiger partial charge is 0.368 e. The molecule has 0 radical (unpaired) electrons. The van der Waals surface area contributed by atoms with Crippen LogP contribution in [0, 0.1) is 6.92 Å². The van der Waals surface area contributed by atoms with E-state index in [2.05, 4.69) is 37.7 Å². The number of benzene rings is 2. The lowest BCUT2D eigenvalue weighted by atomic mass is 10.1. The van der Waals surface area contributed by atoms with Gasteiger partial charge < -0.3 is 16.4 Å². The molecule has 3 rings (SSSR count). The average Bonchev–Trinajstić information content (AvgIpc) is 2.70. The molecule has 0 aliphatic heterocycles. The third-order valence-corrected chi connectivity index (χ3v) is 5.06. The van der Waals surface area contributed by atoms with E-state index in [4.69, 9.17) is 5.73 Å². The van der Waals surface area contributed by atoms with E-state index in [0.29, 0.717) is 29.8 Å². The number of aromatic nitrogens is 3. The number of nitrogens with zero attached hydrogens (tertiary/aromatic N) is 3. The molecule has 0 saturated heterocycles. The Labute approximate surface area is 174 Å². The van der Waals surface area contributed by atoms with Gasteiger partial charge in [-0.25, -0.2) is 0 Å². The van der Waals surface area contributed by atoms with Crippen LogP contribution in [-0.4, -0.2) is 33.2 Å². The molecule has 0 aliphatic carbocycles. The Morgan fingerprint density at radius 1 is 1.03 bits per heavy atom. The zero-order valence-corrected chi connectivity index (χ0v) is 17.1. The van der Waals surface area contributed by atoms with Crippen molar-refractivity contribution in [3.05, 3.63) is 71.5 Å². The first-order valence-corrected chi connectivity index (χ1v) is 10.5. The second-order valence-electron chi connectivity index (χ2n) is 6.45. The quantitative estimate of drug-likeness (QED) is 0.499. The number of hydrogen-bond donors (Lipinski definition) is 3. The average molecular weight is 409 g/mol. The van der Waals surface area contributed by atoms with Crippen LogP contribution in [0.25, 0.3) is 0 Å². The number of carbonyl (C=O) groups excluding carboxylic acids is 1. The summed E-state index contributed by atoms with van der Waals surface area (Å²) in [5.41, 5.74) is 9.01. The van der Waals surface area contributed by atoms with Gasteiger partial charge in [0.05, 0.1) is 11.5 Å². The second-order valence-corrected chi connectivity index (χ2v) is 7.44. The summed E-state index contributed by atoms with van der Waals surface area (Å²) in [6.07, 6.45) is 0.815. The first-order valence-electron chi connectivity index (χ1n) is 9.31. The fourth-order valence-electron chi connectivity index (χ4n) is 2.67. The minimum atomic E-state index is -0.00813. The lowest BCUT2D eigenvalue weighted by molar-refractivity contribution is -0.118. The van der Waals surface area contributed by atoms with Crippen molar-refractivity contribution in [3.63, 3.8) is 0 Å². The fraction of sp³-hybridized carbons (Fsp3) is 0.238. The Kier molecular flexibility index (Phi) is 7.40. The van der Waals surface area contributed by atoms with Crippen LogP contribution in [0.5, 0.6) is 0 Å². The van der Waals surface area contributed by atoms with Gasteiger partial charge in [0, 0.05) is 12.2 Å². The van der Waals surface area contributed by atoms with Crippen LogP contribution in [0.2, 0.25) is 0 Å². The van der Waals surface area contributed by atoms with E-state index in [1.807, 2.05) is 49.4 Å². The number of para-hydroxylation sites is 1. The van der Waals surface area contributed by atoms with Gasteiger partial charge in [-0.3, -0.25) is 4.79 Å². The Hall–Kier alpha value is -3.13. The monoisotopic (exact) mass is 408 g/mol. The summed E-state index contributed by atoms with van der Waals surface area (Å²) in [5, 5.41) is 6.09. The topological polar surface area (TPSA) is 106 Å². The van der Waals surface area contributed by atoms with E-state index in [1.54, 1.807) is 0 Å². The second kappa shape index (κ2) is 10.4. The van der Waals surface area contributed by atoms with Crippen molar-refractivity contribution < 1.29 is 4.79 Å². The molecule has 4 N–H and O–H groups in total. The lowest BCUT2D eigenvalue weighted by Gasteiger charge is -2.09. The number of carbonyl (C=O) groups is 1. The molecule has 7 nitrogen and oxygen atoms in total. The zero-order chi connectivity index (χ0) is 20.5. The Morgan fingerprint density at radius 3 is 2.59 bits per heavy atom. The molecule has 8 heteroatoms. The highest BCUT2D eigenvalue weighted by Crippen LogP contribution is 2.18. The fourth-order valence-corrected chi connectivity index (χ4v) is 3.37. The molecular weight excluding hydrogens is 384 g/mol. The third-order valence-electron chi connectivity index (χ3n) is 4.13. The lowest BCUT2D eigenvalue weighted by Crippen LogP contribution is -2.27. The summed E-state index contributed by atoms with van der Waals surface area (Å²) in [5.74, 6) is 1.89. The van der Waals surface area contributed by atoms with Gasteiger partial charge in [0.25, 0.3) is 0 Å². The molecule has 3 aromatic rings. The molecule has 150 valence electrons. The van der Waals surface area contributed by atoms with E-state index in [0.717, 1.165) is 17.7 Å². The van der Waals surface area contributed by atoms with Gasteiger partial charge in [0.1, 0.15) is 5.82 Å². The summed E-state index contributed by atoms with van der Waals surface area (Å²) in [6, 6.07) is 17.9. The van der Waals surface area contributed by atoms with Crippen LogP contribution in [0.4, 0.5) is 17.6 Å². The van der Waals surface area contributed by atoms with Crippen LogP contribution in [0.1, 0.15) is 17.0 Å². The van der Waals surface area contributed by atoms with Crippen LogP contribution in [0.3, 0.4) is 0 Å². The van der Waals surface area contributed by atoms with E-state index < -0.39 is 0 Å². The number of amides is 1. The van der Waals surface area contributed by atoms with Crippen molar-refractivity contribution in [2.24, 2.45) is 0 Å². The molecular formula is C21H24N6OS. The first kappa shape index (κ1) is 20.6. The molecule has 0 bridgehead atoms. The molecule has 1 aromatic heterocycles. The molecule has 0 fully saturated rings. The van der Waals surface area contributed by atoms with Gasteiger partial charge in [0.15, 0.2) is 0 Å². The number of thioether (sulfide) groups is 1. The minimum Gasteiger partial charge on any atom is -0.368 e. The van der Waals surface area contributed by atoms with E-state index in [-0.39, 0.29) is 11.9 Å². The van der Waals surface area contributed by atoms with Gasteiger partial charge >= 0.3 is 0 Å². The SMILES string of the molecule is Cc1ccccc1Nc1nc(N)nc(CSCC(=O)NCCc2ccccc2)n1. The zero-order valence-electron chi connectivity index (χ0n) is 16.3. The Balaban J connectivity index is 1.46. The van der Waals surface area contributed by atoms with Crippen LogP contribution in [0.15, 0.2) is 54.6 Å². The number of nitrogens with one attached hydrogen (secondary N) is 2. The predicted octanol–water partition coefficient (Wildman–Crippen LogP) is 3.10. The number of hydrogen-bond acceptors (Lipinski definition) is 7. The number of nitrogens with two attached hydrogens (primary N) is 1. The summed E-state index contributed by atoms with van der Waals surface area (Å²) in [4.78, 5) is 24.7. The van der Waals surface area contributed by atoms with E-state index >= 15 is 0 Å². The van der Waals surface area contributed by atoms with Crippen LogP contribution < -0.4 is 16.4 Å². The van der Waals surface area contributed by atoms with Gasteiger partial charge in [0.2, 0.25) is 17.8 Å². The van der Waals surface area contributed by atoms with Crippen molar-refractivity contribution in [1.82, 2.24) is 20.3 Å². The highest BCUT2D eigenvalue weighted by Gasteiger charge is 2.08. The van der Waals surface area contributed by atoms with Gasteiger partial charge in [-0.2, -0.15) is 15.0 Å². The number of aryl methyl sites for hydroxylation is 1. The maximum Gasteiger partial charge on any atom is 0.232 e. The van der Waals surface area contributed by atoms with Crippen molar-refractivity contribution >= 4 is 35.3 Å². The summed E-state index contributed by atoms with van der Waals surface area (Å²) < 4.78 is 0. The highest BCUT2D eigenvalue weighted by atomic mass is 32.2. The van der Waals surface area contributed by atoms with Gasteiger partial charge in [-0.15, -0.1) is 11.8 Å². The van der Waals surface area contributed by atoms with Crippen LogP contribution in [-0.2, 0) is 17.0 Å². The normalized spacial score (nSPS) is 10.5. The smallest absolute Gasteiger partial charge is 0.232 e. The molecule has 0 saturated carbocycles. The summed E-state index contributed by atoms with van der Waals surface area (Å²) >= 11 is 1.44. The maximum absolute atomic E-state index is 12.0. The molecule has 29 heavy (non-hydrogen) atoms. The molecule has 1 amide bonds. The van der Waals surface area contributed by atoms with Crippen molar-refractivity contribution in [1.29, 1.82) is 0 Å². The molecule has 1 heterocycles. The molecule has 0 atom stereocenters. The van der Waals surface area contributed by atoms with Gasteiger partial charge in [-0.05, 0) is 30.5 Å². The van der Waals surface area contributed by atoms with E-state index in [1.165, 1.54) is 17.3 Å². The minimum absolute atomic E-state index is 0.00813. The van der Waals surface area contributed by atoms with Crippen molar-refractivity contribution in [3.8, 4) is 0 Å². The standard InChI is InChI=1S/C21H24N6OS/c1-15-7-5-6-10-17(15)24-21-26-18(25-20(22)27-21)13-29-14-19(28)23-12-11-16-8-3-2-4-9-16/h2-10H,11-14H2,1H3,(H,23,28)(H3,22,24,25,26,27). The third kappa shape index (κ3) is 6.76. The summed E-state index contributed by atoms with van der Waals surface area (Å²) in [7, 11) is 0. The highest BCUT2D eigenvalue weighted by molar-refractivity contribution is 7.99. The molecule has 0 unspecified atom stereocenters. The van der Waals surface area contributed by atoms with Crippen molar-refractivity contribution in [2.75, 3.05) is 23.3 Å². The number of rotatable bonds is 9.